The van der Waals surface area contributed by atoms with Gasteiger partial charge in [0, 0.05) is 19.5 Å². The Morgan fingerprint density at radius 1 is 1.16 bits per heavy atom. The van der Waals surface area contributed by atoms with Gasteiger partial charge in [0.05, 0.1) is 10.9 Å². The summed E-state index contributed by atoms with van der Waals surface area (Å²) in [5.41, 5.74) is 5.54. The molecule has 0 spiro atoms. The average molecular weight is 287 g/mol. The molecule has 1 atom stereocenters. The SMILES string of the molecule is CC(C)CNC(=O)CCNC(=O)C(C(N)=S)C(C)C. The zero-order chi connectivity index (χ0) is 15.0. The number of hydrogen-bond donors (Lipinski definition) is 3. The van der Waals surface area contributed by atoms with Crippen molar-refractivity contribution in [2.75, 3.05) is 13.1 Å². The topological polar surface area (TPSA) is 84.2 Å². The summed E-state index contributed by atoms with van der Waals surface area (Å²) in [6.45, 7) is 8.77. The summed E-state index contributed by atoms with van der Waals surface area (Å²) >= 11 is 4.88. The maximum absolute atomic E-state index is 11.9. The van der Waals surface area contributed by atoms with Crippen molar-refractivity contribution >= 4 is 29.0 Å². The number of carbonyl (C=O) groups is 2. The lowest BCUT2D eigenvalue weighted by Gasteiger charge is -2.18. The van der Waals surface area contributed by atoms with E-state index in [0.29, 0.717) is 19.0 Å². The second-order valence-corrected chi connectivity index (χ2v) is 5.83. The zero-order valence-corrected chi connectivity index (χ0v) is 13.0. The Morgan fingerprint density at radius 2 is 1.74 bits per heavy atom. The fourth-order valence-electron chi connectivity index (χ4n) is 1.58. The van der Waals surface area contributed by atoms with E-state index in [-0.39, 0.29) is 29.1 Å². The molecule has 0 aliphatic carbocycles. The van der Waals surface area contributed by atoms with Gasteiger partial charge in [-0.1, -0.05) is 39.9 Å². The molecule has 0 aromatic heterocycles. The molecule has 0 aromatic rings. The molecule has 0 rings (SSSR count). The largest absolute Gasteiger partial charge is 0.393 e. The van der Waals surface area contributed by atoms with Crippen LogP contribution in [0.25, 0.3) is 0 Å². The van der Waals surface area contributed by atoms with E-state index in [1.165, 1.54) is 0 Å². The summed E-state index contributed by atoms with van der Waals surface area (Å²) in [6, 6.07) is 0. The van der Waals surface area contributed by atoms with Crippen molar-refractivity contribution in [2.45, 2.75) is 34.1 Å². The molecule has 0 saturated carbocycles. The molecule has 0 saturated heterocycles. The first-order valence-electron chi connectivity index (χ1n) is 6.59. The molecule has 0 fully saturated rings. The van der Waals surface area contributed by atoms with Crippen LogP contribution in [0.1, 0.15) is 34.1 Å². The van der Waals surface area contributed by atoms with Gasteiger partial charge < -0.3 is 16.4 Å². The van der Waals surface area contributed by atoms with Crippen LogP contribution in [0, 0.1) is 17.8 Å². The molecule has 19 heavy (non-hydrogen) atoms. The van der Waals surface area contributed by atoms with E-state index in [0.717, 1.165) is 0 Å². The lowest BCUT2D eigenvalue weighted by atomic mass is 9.95. The van der Waals surface area contributed by atoms with Gasteiger partial charge in [0.1, 0.15) is 0 Å². The third-order valence-electron chi connectivity index (χ3n) is 2.61. The Balaban J connectivity index is 4.03. The standard InChI is InChI=1S/C13H25N3O2S/c1-8(2)7-16-10(17)5-6-15-13(18)11(9(3)4)12(14)19/h8-9,11H,5-7H2,1-4H3,(H2,14,19)(H,15,18)(H,16,17). The molecule has 0 bridgehead atoms. The predicted molar refractivity (Wildman–Crippen MR) is 80.6 cm³/mol. The number of thiocarbonyl (C=S) groups is 1. The smallest absolute Gasteiger partial charge is 0.230 e. The molecule has 0 aliphatic heterocycles. The maximum atomic E-state index is 11.9. The third kappa shape index (κ3) is 7.77. The number of nitrogens with one attached hydrogen (secondary N) is 2. The Kier molecular flexibility index (Phi) is 8.30. The third-order valence-corrected chi connectivity index (χ3v) is 2.87. The summed E-state index contributed by atoms with van der Waals surface area (Å²) in [5, 5.41) is 5.49. The average Bonchev–Trinajstić information content (AvgIpc) is 2.25. The number of carbonyl (C=O) groups excluding carboxylic acids is 2. The first-order valence-corrected chi connectivity index (χ1v) is 7.00. The highest BCUT2D eigenvalue weighted by atomic mass is 32.1. The molecule has 5 nitrogen and oxygen atoms in total. The summed E-state index contributed by atoms with van der Waals surface area (Å²) in [6.07, 6.45) is 0.264. The van der Waals surface area contributed by atoms with Gasteiger partial charge in [0.15, 0.2) is 0 Å². The molecule has 1 unspecified atom stereocenters. The van der Waals surface area contributed by atoms with Crippen LogP contribution in [0.15, 0.2) is 0 Å². The van der Waals surface area contributed by atoms with Crippen LogP contribution in [-0.4, -0.2) is 29.9 Å². The van der Waals surface area contributed by atoms with Crippen LogP contribution in [0.4, 0.5) is 0 Å². The lowest BCUT2D eigenvalue weighted by Crippen LogP contribution is -2.42. The minimum Gasteiger partial charge on any atom is -0.393 e. The van der Waals surface area contributed by atoms with E-state index < -0.39 is 5.92 Å². The molecule has 6 heteroatoms. The van der Waals surface area contributed by atoms with E-state index in [1.807, 2.05) is 27.7 Å². The fourth-order valence-corrected chi connectivity index (χ4v) is 1.96. The van der Waals surface area contributed by atoms with Crippen molar-refractivity contribution in [2.24, 2.45) is 23.5 Å². The number of nitrogens with two attached hydrogens (primary N) is 1. The molecule has 0 aromatic carbocycles. The van der Waals surface area contributed by atoms with Crippen LogP contribution in [0.5, 0.6) is 0 Å². The Labute approximate surface area is 120 Å². The van der Waals surface area contributed by atoms with Gasteiger partial charge in [0.2, 0.25) is 11.8 Å². The van der Waals surface area contributed by atoms with Gasteiger partial charge in [0.25, 0.3) is 0 Å². The van der Waals surface area contributed by atoms with E-state index in [2.05, 4.69) is 10.6 Å². The van der Waals surface area contributed by atoms with Crippen molar-refractivity contribution in [3.05, 3.63) is 0 Å². The summed E-state index contributed by atoms with van der Waals surface area (Å²) < 4.78 is 0. The normalized spacial score (nSPS) is 12.3. The quantitative estimate of drug-likeness (QED) is 0.577. The maximum Gasteiger partial charge on any atom is 0.230 e. The van der Waals surface area contributed by atoms with E-state index in [1.54, 1.807) is 0 Å². The fraction of sp³-hybridized carbons (Fsp3) is 0.769. The highest BCUT2D eigenvalue weighted by Crippen LogP contribution is 2.11. The predicted octanol–water partition coefficient (Wildman–Crippen LogP) is 0.823. The van der Waals surface area contributed by atoms with Gasteiger partial charge in [-0.05, 0) is 11.8 Å². The summed E-state index contributed by atoms with van der Waals surface area (Å²) in [5.74, 6) is -0.288. The Hall–Kier alpha value is -1.17. The summed E-state index contributed by atoms with van der Waals surface area (Å²) in [7, 11) is 0. The van der Waals surface area contributed by atoms with Crippen molar-refractivity contribution in [3.63, 3.8) is 0 Å². The van der Waals surface area contributed by atoms with E-state index in [4.69, 9.17) is 18.0 Å². The first kappa shape index (κ1) is 17.8. The highest BCUT2D eigenvalue weighted by molar-refractivity contribution is 7.80. The van der Waals surface area contributed by atoms with Gasteiger partial charge in [-0.2, -0.15) is 0 Å². The van der Waals surface area contributed by atoms with Crippen molar-refractivity contribution in [1.29, 1.82) is 0 Å². The van der Waals surface area contributed by atoms with Crippen LogP contribution in [0.2, 0.25) is 0 Å². The van der Waals surface area contributed by atoms with E-state index >= 15 is 0 Å². The van der Waals surface area contributed by atoms with Crippen LogP contribution in [-0.2, 0) is 9.59 Å². The van der Waals surface area contributed by atoms with Crippen molar-refractivity contribution < 1.29 is 9.59 Å². The Bertz CT molecular complexity index is 330. The monoisotopic (exact) mass is 287 g/mol. The Morgan fingerprint density at radius 3 is 2.16 bits per heavy atom. The zero-order valence-electron chi connectivity index (χ0n) is 12.2. The molecule has 0 heterocycles. The molecule has 0 aliphatic rings. The minimum atomic E-state index is -0.478. The second kappa shape index (κ2) is 8.85. The molecule has 2 amide bonds. The summed E-state index contributed by atoms with van der Waals surface area (Å²) in [4.78, 5) is 23.5. The molecule has 4 N–H and O–H groups in total. The van der Waals surface area contributed by atoms with Crippen molar-refractivity contribution in [3.8, 4) is 0 Å². The van der Waals surface area contributed by atoms with Crippen LogP contribution < -0.4 is 16.4 Å². The van der Waals surface area contributed by atoms with Gasteiger partial charge in [-0.25, -0.2) is 0 Å². The highest BCUT2D eigenvalue weighted by Gasteiger charge is 2.24. The van der Waals surface area contributed by atoms with Gasteiger partial charge >= 0.3 is 0 Å². The van der Waals surface area contributed by atoms with Crippen LogP contribution in [0.3, 0.4) is 0 Å². The number of hydrogen-bond acceptors (Lipinski definition) is 3. The van der Waals surface area contributed by atoms with E-state index in [9.17, 15) is 9.59 Å². The second-order valence-electron chi connectivity index (χ2n) is 5.36. The first-order chi connectivity index (χ1) is 8.75. The van der Waals surface area contributed by atoms with Gasteiger partial charge in [-0.3, -0.25) is 9.59 Å². The molecule has 0 radical (unpaired) electrons. The lowest BCUT2D eigenvalue weighted by molar-refractivity contribution is -0.124. The molecular weight excluding hydrogens is 262 g/mol. The number of rotatable bonds is 8. The van der Waals surface area contributed by atoms with Crippen LogP contribution >= 0.6 is 12.2 Å². The minimum absolute atomic E-state index is 0.0484. The molecular formula is C13H25N3O2S. The van der Waals surface area contributed by atoms with Gasteiger partial charge in [-0.15, -0.1) is 0 Å². The molecule has 110 valence electrons. The van der Waals surface area contributed by atoms with Crippen molar-refractivity contribution in [1.82, 2.24) is 10.6 Å². The number of amides is 2.